The molecule has 0 spiro atoms. The van der Waals surface area contributed by atoms with Crippen molar-refractivity contribution < 1.29 is 4.79 Å². The van der Waals surface area contributed by atoms with E-state index in [2.05, 4.69) is 9.97 Å². The zero-order valence-corrected chi connectivity index (χ0v) is 11.7. The number of nitrogen functional groups attached to an aromatic ring is 1. The van der Waals surface area contributed by atoms with Crippen molar-refractivity contribution in [2.75, 3.05) is 5.73 Å². The number of Topliss-reactive ketones (excluding diaryl/α,β-unsaturated/α-hetero) is 1. The van der Waals surface area contributed by atoms with E-state index in [1.54, 1.807) is 13.1 Å². The number of nitrogens with zero attached hydrogens (tertiary/aromatic N) is 2. The van der Waals surface area contributed by atoms with Crippen LogP contribution >= 0.6 is 0 Å². The molecule has 0 saturated heterocycles. The van der Waals surface area contributed by atoms with Gasteiger partial charge in [-0.25, -0.2) is 9.97 Å². The Kier molecular flexibility index (Phi) is 3.36. The number of hydrogen-bond donors (Lipinski definition) is 1. The summed E-state index contributed by atoms with van der Waals surface area (Å²) in [6.07, 6.45) is 4.22. The molecule has 0 saturated carbocycles. The Morgan fingerprint density at radius 3 is 2.62 bits per heavy atom. The second-order valence-electron chi connectivity index (χ2n) is 4.96. The van der Waals surface area contributed by atoms with Crippen molar-refractivity contribution in [3.63, 3.8) is 0 Å². The molecule has 2 N–H and O–H groups in total. The maximum atomic E-state index is 11.9. The third-order valence-corrected chi connectivity index (χ3v) is 3.52. The van der Waals surface area contributed by atoms with Crippen LogP contribution in [-0.2, 0) is 4.79 Å². The first-order valence-corrected chi connectivity index (χ1v) is 6.74. The van der Waals surface area contributed by atoms with E-state index in [0.29, 0.717) is 6.42 Å². The van der Waals surface area contributed by atoms with Crippen LogP contribution in [0.1, 0.15) is 24.6 Å². The van der Waals surface area contributed by atoms with Crippen molar-refractivity contribution in [1.82, 2.24) is 9.97 Å². The maximum Gasteiger partial charge on any atom is 0.220 e. The zero-order valence-electron chi connectivity index (χ0n) is 11.7. The van der Waals surface area contributed by atoms with Crippen LogP contribution in [0.2, 0.25) is 0 Å². The third-order valence-electron chi connectivity index (χ3n) is 3.52. The van der Waals surface area contributed by atoms with Gasteiger partial charge >= 0.3 is 0 Å². The van der Waals surface area contributed by atoms with Gasteiger partial charge in [-0.3, -0.25) is 4.79 Å². The van der Waals surface area contributed by atoms with Crippen LogP contribution in [0.15, 0.2) is 54.2 Å². The van der Waals surface area contributed by atoms with Crippen LogP contribution in [-0.4, -0.2) is 15.8 Å². The molecule has 1 aliphatic rings. The van der Waals surface area contributed by atoms with E-state index in [4.69, 9.17) is 5.73 Å². The lowest BCUT2D eigenvalue weighted by Crippen LogP contribution is -1.97. The molecule has 0 fully saturated rings. The van der Waals surface area contributed by atoms with Gasteiger partial charge in [0.25, 0.3) is 0 Å². The maximum absolute atomic E-state index is 11.9. The number of aromatic nitrogens is 2. The van der Waals surface area contributed by atoms with E-state index in [1.165, 1.54) is 0 Å². The largest absolute Gasteiger partial charge is 0.368 e. The normalized spacial score (nSPS) is 14.2. The second kappa shape index (κ2) is 5.32. The number of carbonyl (C=O) groups is 1. The lowest BCUT2D eigenvalue weighted by atomic mass is 9.98. The standard InChI is InChI=1S/C17H15N3O/c1-11(21)14-9-13(16-7-8-19-17(18)20-16)10-15(14)12-5-3-2-4-6-12/h2-9H,10H2,1H3,(H2,18,19,20). The number of rotatable bonds is 3. The molecule has 21 heavy (non-hydrogen) atoms. The number of nitrogens with two attached hydrogens (primary N) is 1. The molecular weight excluding hydrogens is 262 g/mol. The first kappa shape index (κ1) is 13.2. The molecule has 0 amide bonds. The summed E-state index contributed by atoms with van der Waals surface area (Å²) in [4.78, 5) is 20.1. The van der Waals surface area contributed by atoms with E-state index in [0.717, 1.165) is 28.0 Å². The van der Waals surface area contributed by atoms with Gasteiger partial charge in [0.15, 0.2) is 5.78 Å². The quantitative estimate of drug-likeness (QED) is 0.936. The third kappa shape index (κ3) is 2.60. The fraction of sp³-hybridized carbons (Fsp3) is 0.118. The van der Waals surface area contributed by atoms with Crippen LogP contribution in [0.5, 0.6) is 0 Å². The van der Waals surface area contributed by atoms with E-state index in [1.807, 2.05) is 42.5 Å². The first-order valence-electron chi connectivity index (χ1n) is 6.74. The van der Waals surface area contributed by atoms with Crippen molar-refractivity contribution in [1.29, 1.82) is 0 Å². The minimum atomic E-state index is 0.0610. The zero-order chi connectivity index (χ0) is 14.8. The average molecular weight is 277 g/mol. The number of carbonyl (C=O) groups excluding carboxylic acids is 1. The minimum absolute atomic E-state index is 0.0610. The molecule has 1 heterocycles. The van der Waals surface area contributed by atoms with Gasteiger partial charge in [0.2, 0.25) is 5.95 Å². The molecule has 1 aromatic heterocycles. The highest BCUT2D eigenvalue weighted by molar-refractivity contribution is 6.09. The summed E-state index contributed by atoms with van der Waals surface area (Å²) in [5, 5.41) is 0. The molecule has 0 radical (unpaired) electrons. The topological polar surface area (TPSA) is 68.9 Å². The van der Waals surface area contributed by atoms with Crippen molar-refractivity contribution in [3.05, 3.63) is 65.5 Å². The molecule has 0 unspecified atom stereocenters. The van der Waals surface area contributed by atoms with E-state index in [-0.39, 0.29) is 11.7 Å². The van der Waals surface area contributed by atoms with Gasteiger partial charge in [-0.1, -0.05) is 30.3 Å². The molecule has 0 aliphatic heterocycles. The van der Waals surface area contributed by atoms with Crippen LogP contribution in [0.3, 0.4) is 0 Å². The minimum Gasteiger partial charge on any atom is -0.368 e. The SMILES string of the molecule is CC(=O)C1=C(c2ccccc2)CC(c2ccnc(N)n2)=C1. The Balaban J connectivity index is 2.01. The van der Waals surface area contributed by atoms with Gasteiger partial charge in [0.05, 0.1) is 5.69 Å². The molecular formula is C17H15N3O. The predicted molar refractivity (Wildman–Crippen MR) is 83.1 cm³/mol. The summed E-state index contributed by atoms with van der Waals surface area (Å²) in [6, 6.07) is 11.8. The molecule has 4 heteroatoms. The first-order chi connectivity index (χ1) is 10.1. The lowest BCUT2D eigenvalue weighted by molar-refractivity contribution is -0.113. The molecule has 1 aromatic carbocycles. The fourth-order valence-corrected chi connectivity index (χ4v) is 2.53. The number of hydrogen-bond acceptors (Lipinski definition) is 4. The Morgan fingerprint density at radius 1 is 1.19 bits per heavy atom. The lowest BCUT2D eigenvalue weighted by Gasteiger charge is -2.06. The van der Waals surface area contributed by atoms with Crippen molar-refractivity contribution in [3.8, 4) is 0 Å². The van der Waals surface area contributed by atoms with Gasteiger partial charge < -0.3 is 5.73 Å². The molecule has 0 atom stereocenters. The van der Waals surface area contributed by atoms with Gasteiger partial charge in [-0.2, -0.15) is 0 Å². The number of allylic oxidation sites excluding steroid dienone is 4. The molecule has 2 aromatic rings. The summed E-state index contributed by atoms with van der Waals surface area (Å²) in [6.45, 7) is 1.59. The predicted octanol–water partition coefficient (Wildman–Crippen LogP) is 2.89. The summed E-state index contributed by atoms with van der Waals surface area (Å²) >= 11 is 0. The van der Waals surface area contributed by atoms with E-state index >= 15 is 0 Å². The van der Waals surface area contributed by atoms with E-state index < -0.39 is 0 Å². The van der Waals surface area contributed by atoms with Crippen molar-refractivity contribution in [2.45, 2.75) is 13.3 Å². The highest BCUT2D eigenvalue weighted by atomic mass is 16.1. The van der Waals surface area contributed by atoms with E-state index in [9.17, 15) is 4.79 Å². The summed E-state index contributed by atoms with van der Waals surface area (Å²) in [5.74, 6) is 0.303. The number of anilines is 1. The Hall–Kier alpha value is -2.75. The molecule has 0 bridgehead atoms. The number of benzene rings is 1. The number of ketones is 1. The summed E-state index contributed by atoms with van der Waals surface area (Å²) in [5.41, 5.74) is 10.2. The van der Waals surface area contributed by atoms with Gasteiger partial charge in [0.1, 0.15) is 0 Å². The second-order valence-corrected chi connectivity index (χ2v) is 4.96. The summed E-state index contributed by atoms with van der Waals surface area (Å²) < 4.78 is 0. The van der Waals surface area contributed by atoms with Gasteiger partial charge in [-0.05, 0) is 35.8 Å². The average Bonchev–Trinajstić information content (AvgIpc) is 2.93. The monoisotopic (exact) mass is 277 g/mol. The van der Waals surface area contributed by atoms with Crippen LogP contribution in [0, 0.1) is 0 Å². The molecule has 104 valence electrons. The van der Waals surface area contributed by atoms with Crippen molar-refractivity contribution in [2.24, 2.45) is 0 Å². The molecule has 4 nitrogen and oxygen atoms in total. The van der Waals surface area contributed by atoms with Crippen molar-refractivity contribution >= 4 is 22.9 Å². The van der Waals surface area contributed by atoms with Gasteiger partial charge in [0, 0.05) is 18.2 Å². The summed E-state index contributed by atoms with van der Waals surface area (Å²) in [7, 11) is 0. The smallest absolute Gasteiger partial charge is 0.220 e. The Bertz CT molecular complexity index is 761. The van der Waals surface area contributed by atoms with Crippen LogP contribution < -0.4 is 5.73 Å². The Labute approximate surface area is 123 Å². The van der Waals surface area contributed by atoms with Gasteiger partial charge in [-0.15, -0.1) is 0 Å². The highest BCUT2D eigenvalue weighted by Crippen LogP contribution is 2.37. The highest BCUT2D eigenvalue weighted by Gasteiger charge is 2.21. The Morgan fingerprint density at radius 2 is 1.95 bits per heavy atom. The fourth-order valence-electron chi connectivity index (χ4n) is 2.53. The molecule has 1 aliphatic carbocycles. The molecule has 3 rings (SSSR count). The van der Waals surface area contributed by atoms with Crippen LogP contribution in [0.25, 0.3) is 11.1 Å². The van der Waals surface area contributed by atoms with Crippen LogP contribution in [0.4, 0.5) is 5.95 Å².